The van der Waals surface area contributed by atoms with Crippen LogP contribution in [0.5, 0.6) is 0 Å². The Morgan fingerprint density at radius 2 is 1.88 bits per heavy atom. The molecule has 0 aromatic heterocycles. The molecule has 33 heavy (non-hydrogen) atoms. The van der Waals surface area contributed by atoms with Crippen LogP contribution in [0.25, 0.3) is 6.08 Å². The van der Waals surface area contributed by atoms with E-state index in [-0.39, 0.29) is 17.9 Å². The molecule has 0 radical (unpaired) electrons. The quantitative estimate of drug-likeness (QED) is 0.614. The van der Waals surface area contributed by atoms with E-state index in [1.165, 1.54) is 6.08 Å². The van der Waals surface area contributed by atoms with Gasteiger partial charge in [0.1, 0.15) is 0 Å². The molecule has 0 bridgehead atoms. The number of piperidine rings is 1. The lowest BCUT2D eigenvalue weighted by Gasteiger charge is -2.33. The normalized spacial score (nSPS) is 19.1. The van der Waals surface area contributed by atoms with E-state index in [1.54, 1.807) is 12.1 Å². The minimum atomic E-state index is -0.232. The molecule has 1 atom stereocenters. The van der Waals surface area contributed by atoms with E-state index >= 15 is 0 Å². The van der Waals surface area contributed by atoms with Gasteiger partial charge in [-0.25, -0.2) is 0 Å². The van der Waals surface area contributed by atoms with E-state index in [9.17, 15) is 9.59 Å². The number of nitrogens with zero attached hydrogens (tertiary/aromatic N) is 1. The second kappa shape index (κ2) is 11.1. The highest BCUT2D eigenvalue weighted by atomic mass is 16.5. The van der Waals surface area contributed by atoms with Gasteiger partial charge in [-0.3, -0.25) is 9.59 Å². The lowest BCUT2D eigenvalue weighted by Crippen LogP contribution is -2.36. The molecule has 2 aromatic rings. The molecule has 1 unspecified atom stereocenters. The Balaban J connectivity index is 1.49. The zero-order valence-electron chi connectivity index (χ0n) is 19.3. The summed E-state index contributed by atoms with van der Waals surface area (Å²) in [5.41, 5.74) is 3.07. The van der Waals surface area contributed by atoms with E-state index in [4.69, 9.17) is 4.74 Å². The molecule has 2 saturated heterocycles. The first-order chi connectivity index (χ1) is 16.1. The number of nitrogens with one attached hydrogen (secondary N) is 2. The van der Waals surface area contributed by atoms with Gasteiger partial charge in [0.25, 0.3) is 5.91 Å². The summed E-state index contributed by atoms with van der Waals surface area (Å²) in [6.07, 6.45) is 7.59. The van der Waals surface area contributed by atoms with Crippen LogP contribution in [0, 0.1) is 5.92 Å². The summed E-state index contributed by atoms with van der Waals surface area (Å²) in [5, 5.41) is 5.93. The predicted molar refractivity (Wildman–Crippen MR) is 132 cm³/mol. The van der Waals surface area contributed by atoms with Crippen molar-refractivity contribution in [2.45, 2.75) is 38.7 Å². The maximum Gasteiger partial charge on any atom is 0.253 e. The Morgan fingerprint density at radius 3 is 2.61 bits per heavy atom. The maximum absolute atomic E-state index is 13.2. The van der Waals surface area contributed by atoms with Gasteiger partial charge < -0.3 is 20.3 Å². The summed E-state index contributed by atoms with van der Waals surface area (Å²) in [4.78, 5) is 27.9. The summed E-state index contributed by atoms with van der Waals surface area (Å²) < 4.78 is 5.65. The van der Waals surface area contributed by atoms with Gasteiger partial charge in [0, 0.05) is 43.7 Å². The predicted octanol–water partition coefficient (Wildman–Crippen LogP) is 4.48. The van der Waals surface area contributed by atoms with Crippen LogP contribution in [-0.4, -0.2) is 44.2 Å². The minimum Gasteiger partial charge on any atom is -0.376 e. The third kappa shape index (κ3) is 6.45. The van der Waals surface area contributed by atoms with Crippen LogP contribution in [-0.2, 0) is 9.53 Å². The molecule has 2 heterocycles. The number of hydrogen-bond donors (Lipinski definition) is 2. The highest BCUT2D eigenvalue weighted by molar-refractivity contribution is 6.05. The first-order valence-electron chi connectivity index (χ1n) is 11.9. The number of carbonyl (C=O) groups is 2. The smallest absolute Gasteiger partial charge is 0.253 e. The summed E-state index contributed by atoms with van der Waals surface area (Å²) >= 11 is 0. The standard InChI is InChI=1S/C27H33N3O3/c1-20-13-15-30(16-14-20)25-11-10-22(29-26(31)12-9-21-6-3-2-4-7-21)18-24(25)27(32)28-19-23-8-5-17-33-23/h2-4,6-7,9-12,18,20,23H,5,8,13-17,19H2,1H3,(H,28,32)(H,29,31). The Bertz CT molecular complexity index is 975. The second-order valence-electron chi connectivity index (χ2n) is 8.98. The van der Waals surface area contributed by atoms with Gasteiger partial charge in [0.2, 0.25) is 5.91 Å². The molecular weight excluding hydrogens is 414 g/mol. The third-order valence-electron chi connectivity index (χ3n) is 6.37. The first kappa shape index (κ1) is 23.1. The fourth-order valence-electron chi connectivity index (χ4n) is 4.35. The van der Waals surface area contributed by atoms with Crippen molar-refractivity contribution in [1.29, 1.82) is 0 Å². The molecule has 6 nitrogen and oxygen atoms in total. The monoisotopic (exact) mass is 447 g/mol. The maximum atomic E-state index is 13.2. The molecule has 2 aromatic carbocycles. The summed E-state index contributed by atoms with van der Waals surface area (Å²) in [6, 6.07) is 15.3. The summed E-state index contributed by atoms with van der Waals surface area (Å²) in [7, 11) is 0. The topological polar surface area (TPSA) is 70.7 Å². The zero-order chi connectivity index (χ0) is 23.0. The Kier molecular flexibility index (Phi) is 7.79. The Morgan fingerprint density at radius 1 is 1.09 bits per heavy atom. The Labute approximate surface area is 196 Å². The molecule has 6 heteroatoms. The SMILES string of the molecule is CC1CCN(c2ccc(NC(=O)C=Cc3ccccc3)cc2C(=O)NCC2CCCO2)CC1. The summed E-state index contributed by atoms with van der Waals surface area (Å²) in [6.45, 7) is 5.40. The van der Waals surface area contributed by atoms with Crippen molar-refractivity contribution in [2.24, 2.45) is 5.92 Å². The number of hydrogen-bond acceptors (Lipinski definition) is 4. The molecule has 0 saturated carbocycles. The zero-order valence-corrected chi connectivity index (χ0v) is 19.3. The second-order valence-corrected chi connectivity index (χ2v) is 8.98. The van der Waals surface area contributed by atoms with Crippen molar-refractivity contribution in [1.82, 2.24) is 5.32 Å². The van der Waals surface area contributed by atoms with Crippen LogP contribution in [0.4, 0.5) is 11.4 Å². The largest absolute Gasteiger partial charge is 0.376 e. The lowest BCUT2D eigenvalue weighted by molar-refractivity contribution is -0.111. The van der Waals surface area contributed by atoms with Gasteiger partial charge in [-0.15, -0.1) is 0 Å². The van der Waals surface area contributed by atoms with Crippen molar-refractivity contribution >= 4 is 29.3 Å². The molecule has 2 amide bonds. The van der Waals surface area contributed by atoms with Crippen molar-refractivity contribution < 1.29 is 14.3 Å². The molecule has 4 rings (SSSR count). The fourth-order valence-corrected chi connectivity index (χ4v) is 4.35. The van der Waals surface area contributed by atoms with Crippen LogP contribution in [0.1, 0.15) is 48.5 Å². The van der Waals surface area contributed by atoms with Gasteiger partial charge in [-0.2, -0.15) is 0 Å². The number of ether oxygens (including phenoxy) is 1. The van der Waals surface area contributed by atoms with E-state index in [2.05, 4.69) is 22.5 Å². The van der Waals surface area contributed by atoms with Crippen LogP contribution < -0.4 is 15.5 Å². The van der Waals surface area contributed by atoms with Gasteiger partial charge in [0.05, 0.1) is 11.7 Å². The highest BCUT2D eigenvalue weighted by Crippen LogP contribution is 2.29. The van der Waals surface area contributed by atoms with Gasteiger partial charge in [0.15, 0.2) is 0 Å². The molecule has 2 fully saturated rings. The van der Waals surface area contributed by atoms with Crippen molar-refractivity contribution in [2.75, 3.05) is 36.5 Å². The van der Waals surface area contributed by atoms with E-state index < -0.39 is 0 Å². The van der Waals surface area contributed by atoms with Gasteiger partial charge in [-0.05, 0) is 61.4 Å². The fraction of sp³-hybridized carbons (Fsp3) is 0.407. The van der Waals surface area contributed by atoms with E-state index in [0.717, 1.165) is 56.6 Å². The van der Waals surface area contributed by atoms with E-state index in [0.29, 0.717) is 23.7 Å². The number of carbonyl (C=O) groups excluding carboxylic acids is 2. The number of rotatable bonds is 7. The van der Waals surface area contributed by atoms with Crippen molar-refractivity contribution in [3.63, 3.8) is 0 Å². The number of benzene rings is 2. The first-order valence-corrected chi connectivity index (χ1v) is 11.9. The summed E-state index contributed by atoms with van der Waals surface area (Å²) in [5.74, 6) is 0.340. The molecule has 0 aliphatic carbocycles. The molecule has 0 spiro atoms. The Hall–Kier alpha value is -3.12. The van der Waals surface area contributed by atoms with Crippen LogP contribution in [0.2, 0.25) is 0 Å². The average Bonchev–Trinajstić information content (AvgIpc) is 3.36. The van der Waals surface area contributed by atoms with Crippen molar-refractivity contribution in [3.05, 3.63) is 65.7 Å². The van der Waals surface area contributed by atoms with Crippen molar-refractivity contribution in [3.8, 4) is 0 Å². The van der Waals surface area contributed by atoms with Crippen LogP contribution in [0.15, 0.2) is 54.6 Å². The van der Waals surface area contributed by atoms with Gasteiger partial charge in [-0.1, -0.05) is 37.3 Å². The lowest BCUT2D eigenvalue weighted by atomic mass is 9.97. The third-order valence-corrected chi connectivity index (χ3v) is 6.37. The number of anilines is 2. The minimum absolute atomic E-state index is 0.0826. The highest BCUT2D eigenvalue weighted by Gasteiger charge is 2.23. The molecule has 2 N–H and O–H groups in total. The molecular formula is C27H33N3O3. The van der Waals surface area contributed by atoms with E-state index in [1.807, 2.05) is 42.5 Å². The van der Waals surface area contributed by atoms with Crippen LogP contribution >= 0.6 is 0 Å². The molecule has 174 valence electrons. The average molecular weight is 448 g/mol. The molecule has 2 aliphatic heterocycles. The van der Waals surface area contributed by atoms with Crippen LogP contribution in [0.3, 0.4) is 0 Å². The van der Waals surface area contributed by atoms with Gasteiger partial charge >= 0.3 is 0 Å². The number of amides is 2. The molecule has 2 aliphatic rings.